The molecule has 11 rings (SSSR count). The Kier molecular flexibility index (Phi) is 14.7. The third kappa shape index (κ3) is 9.69. The Hall–Kier alpha value is -2.85. The maximum Gasteiger partial charge on any atom is 0.225 e. The fourth-order valence-corrected chi connectivity index (χ4v) is 17.5. The average molecular weight is 1020 g/mol. The maximum absolute atomic E-state index is 14.5. The number of nitrogens with one attached hydrogen (secondary N) is 5. The topological polar surface area (TPSA) is 145 Å². The molecule has 1 amide bonds. The highest BCUT2D eigenvalue weighted by Crippen LogP contribution is 2.56. The minimum Gasteiger partial charge on any atom is -0.489 e. The van der Waals surface area contributed by atoms with E-state index >= 15 is 0 Å². The molecule has 2 saturated carbocycles. The molecule has 72 heavy (non-hydrogen) atoms. The number of hydrogen-bond donors (Lipinski definition) is 5. The van der Waals surface area contributed by atoms with E-state index in [1.807, 2.05) is 6.07 Å². The standard InChI is InChI=1S/C56H82ClN11O3S/c1-34-35(2)72-50-46(34)47(61-44(26-45-59-22-24-70-45)48-64-63-36(3)68(48)50)38-17-15-37(16-18-38)29-65-31-56(32-65)21-12-23-66(33-56)53-60-28-40(30-67(53)41-13-10-8-9-11-14-41)49(69)62-51-54(4,5)52(55(51,6)7)71-42-20-19-39(27-58)43(57)25-42/h15-20,25,34-36,40-41,44-46,48,50-53,59-60,63-64H,8-14,21-24,26,28-33H2,1-7H3,(H,62,69)/t34?,35?,36?,40?,44-,45?,46?,48?,50?,51?,52?,53?/m1/s1. The van der Waals surface area contributed by atoms with Crippen LogP contribution in [0.1, 0.15) is 123 Å². The lowest BCUT2D eigenvalue weighted by Crippen LogP contribution is -2.76. The van der Waals surface area contributed by atoms with E-state index in [2.05, 4.69) is 137 Å². The number of aliphatic imine (C=N–C) groups is 1. The van der Waals surface area contributed by atoms with Gasteiger partial charge in [0.2, 0.25) is 5.91 Å². The zero-order chi connectivity index (χ0) is 50.1. The number of carbonyl (C=O) groups is 1. The SMILES string of the molecule is CC1SC2C(C(c3ccc(CN4CC5(CCCN(C6NCC(C(=O)NC7C(C)(C)C(Oc8ccc(C#N)c(Cl)c8)C7(C)C)CN6C6CCCCCC6)C5)C4)cc3)=N[C@H](CC3NCCO3)C3NNC(C)N23)C1C. The van der Waals surface area contributed by atoms with Crippen LogP contribution in [0.15, 0.2) is 47.5 Å². The van der Waals surface area contributed by atoms with Crippen molar-refractivity contribution < 1.29 is 14.3 Å². The van der Waals surface area contributed by atoms with Crippen LogP contribution in [0.3, 0.4) is 0 Å². The number of nitrogens with zero attached hydrogens (tertiary/aromatic N) is 6. The number of rotatable bonds is 11. The van der Waals surface area contributed by atoms with Crippen LogP contribution in [0.5, 0.6) is 5.75 Å². The Balaban J connectivity index is 0.734. The van der Waals surface area contributed by atoms with Crippen LogP contribution in [0, 0.1) is 45.3 Å². The molecule has 9 unspecified atom stereocenters. The summed E-state index contributed by atoms with van der Waals surface area (Å²) in [5.41, 5.74) is 11.2. The first-order chi connectivity index (χ1) is 34.6. The van der Waals surface area contributed by atoms with Crippen LogP contribution >= 0.6 is 23.4 Å². The number of piperidine rings is 1. The largest absolute Gasteiger partial charge is 0.489 e. The highest BCUT2D eigenvalue weighted by atomic mass is 35.5. The summed E-state index contributed by atoms with van der Waals surface area (Å²) in [7, 11) is 0. The zero-order valence-corrected chi connectivity index (χ0v) is 45.5. The molecule has 2 aliphatic carbocycles. The first-order valence-corrected chi connectivity index (χ1v) is 29.0. The second-order valence-corrected chi connectivity index (χ2v) is 26.6. The Morgan fingerprint density at radius 3 is 2.46 bits per heavy atom. The third-order valence-corrected chi connectivity index (χ3v) is 20.9. The molecule has 0 radical (unpaired) electrons. The Morgan fingerprint density at radius 2 is 1.75 bits per heavy atom. The van der Waals surface area contributed by atoms with E-state index in [4.69, 9.17) is 26.1 Å². The first-order valence-electron chi connectivity index (χ1n) is 27.7. The van der Waals surface area contributed by atoms with Gasteiger partial charge in [0.1, 0.15) is 30.4 Å². The van der Waals surface area contributed by atoms with Crippen molar-refractivity contribution in [3.8, 4) is 11.8 Å². The number of benzene rings is 2. The van der Waals surface area contributed by atoms with Gasteiger partial charge in [0, 0.05) is 110 Å². The van der Waals surface area contributed by atoms with E-state index in [0.29, 0.717) is 56.8 Å². The average Bonchev–Trinajstić information content (AvgIpc) is 3.99. The molecular formula is C56H82ClN11O3S. The third-order valence-electron chi connectivity index (χ3n) is 18.9. The number of hydrazine groups is 1. The summed E-state index contributed by atoms with van der Waals surface area (Å²) in [4.78, 5) is 31.0. The molecule has 7 aliphatic heterocycles. The molecule has 2 aromatic carbocycles. The van der Waals surface area contributed by atoms with Gasteiger partial charge in [0.25, 0.3) is 0 Å². The monoisotopic (exact) mass is 1020 g/mol. The summed E-state index contributed by atoms with van der Waals surface area (Å²) >= 11 is 8.51. The molecular weight excluding hydrogens is 942 g/mol. The van der Waals surface area contributed by atoms with Gasteiger partial charge >= 0.3 is 0 Å². The van der Waals surface area contributed by atoms with Gasteiger partial charge in [-0.05, 0) is 61.8 Å². The fraction of sp³-hybridized carbons (Fsp3) is 0.732. The lowest BCUT2D eigenvalue weighted by atomic mass is 9.49. The van der Waals surface area contributed by atoms with Crippen molar-refractivity contribution in [1.29, 1.82) is 5.26 Å². The second kappa shape index (κ2) is 20.6. The lowest BCUT2D eigenvalue weighted by Gasteiger charge is -2.63. The molecule has 0 aromatic heterocycles. The number of hydrogen-bond acceptors (Lipinski definition) is 14. The molecule has 10 atom stereocenters. The van der Waals surface area contributed by atoms with Crippen LogP contribution in [0.25, 0.3) is 0 Å². The predicted octanol–water partition coefficient (Wildman–Crippen LogP) is 6.94. The van der Waals surface area contributed by atoms with Gasteiger partial charge in [-0.1, -0.05) is 103 Å². The molecule has 1 spiro atoms. The van der Waals surface area contributed by atoms with Crippen molar-refractivity contribution in [2.45, 2.75) is 173 Å². The Bertz CT molecular complexity index is 2330. The Labute approximate surface area is 438 Å². The van der Waals surface area contributed by atoms with Gasteiger partial charge in [0.05, 0.1) is 46.9 Å². The number of amides is 1. The van der Waals surface area contributed by atoms with Crippen molar-refractivity contribution in [1.82, 2.24) is 46.4 Å². The van der Waals surface area contributed by atoms with Gasteiger partial charge in [-0.2, -0.15) is 5.26 Å². The Morgan fingerprint density at radius 1 is 0.986 bits per heavy atom. The summed E-state index contributed by atoms with van der Waals surface area (Å²) in [5.74, 6) is 1.50. The summed E-state index contributed by atoms with van der Waals surface area (Å²) in [6.45, 7) is 24.4. The van der Waals surface area contributed by atoms with Crippen LogP contribution in [0.2, 0.25) is 5.02 Å². The summed E-state index contributed by atoms with van der Waals surface area (Å²) in [5, 5.41) is 21.8. The number of fused-ring (bicyclic) bond motifs is 3. The normalized spacial score (nSPS) is 37.1. The van der Waals surface area contributed by atoms with Crippen molar-refractivity contribution in [2.24, 2.45) is 39.0 Å². The van der Waals surface area contributed by atoms with Crippen LogP contribution in [-0.4, -0.2) is 143 Å². The van der Waals surface area contributed by atoms with E-state index < -0.39 is 0 Å². The highest BCUT2D eigenvalue weighted by Gasteiger charge is 2.64. The van der Waals surface area contributed by atoms with E-state index in [1.54, 1.807) is 12.1 Å². The molecule has 8 fully saturated rings. The molecule has 7 heterocycles. The maximum atomic E-state index is 14.5. The van der Waals surface area contributed by atoms with Crippen molar-refractivity contribution in [2.75, 3.05) is 52.4 Å². The van der Waals surface area contributed by atoms with E-state index in [1.165, 1.54) is 68.2 Å². The number of thioether (sulfide) groups is 1. The number of likely N-dealkylation sites (tertiary alicyclic amines) is 2. The lowest BCUT2D eigenvalue weighted by molar-refractivity contribution is -0.176. The summed E-state index contributed by atoms with van der Waals surface area (Å²) in [6, 6.07) is 17.4. The highest BCUT2D eigenvalue weighted by molar-refractivity contribution is 8.00. The fourth-order valence-electron chi connectivity index (χ4n) is 15.4. The smallest absolute Gasteiger partial charge is 0.225 e. The van der Waals surface area contributed by atoms with E-state index in [-0.39, 0.29) is 65.7 Å². The predicted molar refractivity (Wildman–Crippen MR) is 286 cm³/mol. The minimum absolute atomic E-state index is 0.0317. The molecule has 6 saturated heterocycles. The molecule has 9 aliphatic rings. The van der Waals surface area contributed by atoms with Gasteiger partial charge in [-0.15, -0.1) is 11.8 Å². The molecule has 2 aromatic rings. The van der Waals surface area contributed by atoms with Crippen LogP contribution < -0.4 is 31.5 Å². The first kappa shape index (κ1) is 51.3. The van der Waals surface area contributed by atoms with Crippen LogP contribution in [-0.2, 0) is 16.1 Å². The number of ether oxygens (including phenoxy) is 2. The van der Waals surface area contributed by atoms with Crippen molar-refractivity contribution >= 4 is 35.0 Å². The molecule has 392 valence electrons. The molecule has 16 heteroatoms. The minimum atomic E-state index is -0.312. The number of carbonyl (C=O) groups excluding carboxylic acids is 1. The number of halogens is 1. The summed E-state index contributed by atoms with van der Waals surface area (Å²) in [6.07, 6.45) is 11.2. The molecule has 5 N–H and O–H groups in total. The van der Waals surface area contributed by atoms with E-state index in [0.717, 1.165) is 58.8 Å². The van der Waals surface area contributed by atoms with Crippen molar-refractivity contribution in [3.63, 3.8) is 0 Å². The van der Waals surface area contributed by atoms with Gasteiger partial charge in [-0.3, -0.25) is 40.0 Å². The van der Waals surface area contributed by atoms with Crippen LogP contribution in [0.4, 0.5) is 0 Å². The summed E-state index contributed by atoms with van der Waals surface area (Å²) < 4.78 is 12.7. The molecule has 0 bridgehead atoms. The van der Waals surface area contributed by atoms with Gasteiger partial charge < -0.3 is 14.8 Å². The van der Waals surface area contributed by atoms with E-state index in [9.17, 15) is 10.1 Å². The van der Waals surface area contributed by atoms with Crippen molar-refractivity contribution in [3.05, 3.63) is 64.2 Å². The second-order valence-electron chi connectivity index (χ2n) is 24.7. The number of nitriles is 1. The van der Waals surface area contributed by atoms with Gasteiger partial charge in [-0.25, -0.2) is 10.9 Å². The molecule has 14 nitrogen and oxygen atoms in total. The van der Waals surface area contributed by atoms with Gasteiger partial charge in [0.15, 0.2) is 0 Å². The zero-order valence-electron chi connectivity index (χ0n) is 44.0. The quantitative estimate of drug-likeness (QED) is 0.149.